The second kappa shape index (κ2) is 5.59. The number of hydrogen-bond acceptors (Lipinski definition) is 4. The van der Waals surface area contributed by atoms with Crippen LogP contribution in [0.3, 0.4) is 0 Å². The maximum Gasteiger partial charge on any atom is 0.262 e. The lowest BCUT2D eigenvalue weighted by Crippen LogP contribution is -2.32. The number of sulfonamides is 1. The molecule has 0 bridgehead atoms. The van der Waals surface area contributed by atoms with Crippen molar-refractivity contribution < 1.29 is 17.9 Å². The molecule has 1 aromatic rings. The fourth-order valence-electron chi connectivity index (χ4n) is 1.70. The summed E-state index contributed by atoms with van der Waals surface area (Å²) >= 11 is 5.99. The van der Waals surface area contributed by atoms with Crippen LogP contribution in [0.1, 0.15) is 20.3 Å². The van der Waals surface area contributed by atoms with E-state index in [0.717, 1.165) is 0 Å². The highest BCUT2D eigenvalue weighted by Crippen LogP contribution is 2.35. The monoisotopic (exact) mass is 318 g/mol. The number of carbonyl (C=O) groups is 1. The Kier molecular flexibility index (Phi) is 4.22. The number of amides is 1. The zero-order valence-electron chi connectivity index (χ0n) is 11.1. The maximum absolute atomic E-state index is 12.2. The van der Waals surface area contributed by atoms with E-state index in [1.165, 1.54) is 12.1 Å². The van der Waals surface area contributed by atoms with Crippen molar-refractivity contribution in [2.24, 2.45) is 0 Å². The van der Waals surface area contributed by atoms with E-state index >= 15 is 0 Å². The molecule has 0 saturated heterocycles. The van der Waals surface area contributed by atoms with Gasteiger partial charge in [-0.15, -0.1) is 0 Å². The molecule has 1 atom stereocenters. The minimum absolute atomic E-state index is 0.0327. The minimum atomic E-state index is -3.72. The van der Waals surface area contributed by atoms with Gasteiger partial charge in [-0.3, -0.25) is 4.79 Å². The Bertz CT molecular complexity index is 645. The molecular weight excluding hydrogens is 304 g/mol. The van der Waals surface area contributed by atoms with E-state index in [1.54, 1.807) is 6.92 Å². The number of nitrogens with one attached hydrogen (secondary N) is 2. The van der Waals surface area contributed by atoms with Crippen molar-refractivity contribution in [2.75, 3.05) is 11.9 Å². The van der Waals surface area contributed by atoms with E-state index in [-0.39, 0.29) is 28.5 Å². The molecule has 0 fully saturated rings. The van der Waals surface area contributed by atoms with Gasteiger partial charge in [0.15, 0.2) is 6.61 Å². The van der Waals surface area contributed by atoms with E-state index in [1.807, 2.05) is 6.92 Å². The SMILES string of the molecule is CCC(C)NS(=O)(=O)c1cc2c(cc1Cl)NC(=O)CO2. The van der Waals surface area contributed by atoms with E-state index in [4.69, 9.17) is 16.3 Å². The smallest absolute Gasteiger partial charge is 0.262 e. The Morgan fingerprint density at radius 1 is 1.50 bits per heavy atom. The molecule has 1 aliphatic heterocycles. The van der Waals surface area contributed by atoms with Crippen molar-refractivity contribution >= 4 is 33.2 Å². The first-order valence-electron chi connectivity index (χ1n) is 6.12. The number of ether oxygens (including phenoxy) is 1. The van der Waals surface area contributed by atoms with Crippen LogP contribution >= 0.6 is 11.6 Å². The number of hydrogen-bond donors (Lipinski definition) is 2. The molecule has 20 heavy (non-hydrogen) atoms. The van der Waals surface area contributed by atoms with E-state index in [9.17, 15) is 13.2 Å². The van der Waals surface area contributed by atoms with Gasteiger partial charge in [0.25, 0.3) is 5.91 Å². The average Bonchev–Trinajstić information content (AvgIpc) is 2.36. The molecule has 1 aromatic carbocycles. The molecule has 0 spiro atoms. The summed E-state index contributed by atoms with van der Waals surface area (Å²) < 4.78 is 32.2. The van der Waals surface area contributed by atoms with Crippen LogP contribution in [0.4, 0.5) is 5.69 Å². The highest BCUT2D eigenvalue weighted by molar-refractivity contribution is 7.89. The third-order valence-electron chi connectivity index (χ3n) is 2.93. The van der Waals surface area contributed by atoms with Crippen LogP contribution in [-0.2, 0) is 14.8 Å². The fraction of sp³-hybridized carbons (Fsp3) is 0.417. The zero-order chi connectivity index (χ0) is 14.9. The first-order chi connectivity index (χ1) is 9.33. The van der Waals surface area contributed by atoms with Crippen molar-refractivity contribution in [3.05, 3.63) is 17.2 Å². The Morgan fingerprint density at radius 2 is 2.20 bits per heavy atom. The number of benzene rings is 1. The van der Waals surface area contributed by atoms with Gasteiger partial charge in [0.1, 0.15) is 10.6 Å². The predicted octanol–water partition coefficient (Wildman–Crippen LogP) is 1.75. The van der Waals surface area contributed by atoms with Crippen LogP contribution in [0.5, 0.6) is 5.75 Å². The topological polar surface area (TPSA) is 84.5 Å². The molecule has 0 aromatic heterocycles. The molecule has 1 aliphatic rings. The summed E-state index contributed by atoms with van der Waals surface area (Å²) in [5, 5.41) is 2.60. The quantitative estimate of drug-likeness (QED) is 0.885. The summed E-state index contributed by atoms with van der Waals surface area (Å²) in [5.41, 5.74) is 0.369. The van der Waals surface area contributed by atoms with Crippen molar-refractivity contribution in [3.63, 3.8) is 0 Å². The molecule has 1 unspecified atom stereocenters. The molecule has 0 radical (unpaired) electrons. The lowest BCUT2D eigenvalue weighted by atomic mass is 10.2. The van der Waals surface area contributed by atoms with Crippen molar-refractivity contribution in [2.45, 2.75) is 31.2 Å². The number of anilines is 1. The highest BCUT2D eigenvalue weighted by Gasteiger charge is 2.25. The fourth-order valence-corrected chi connectivity index (χ4v) is 3.57. The summed E-state index contributed by atoms with van der Waals surface area (Å²) in [6.07, 6.45) is 0.661. The minimum Gasteiger partial charge on any atom is -0.482 e. The van der Waals surface area contributed by atoms with E-state index in [2.05, 4.69) is 10.0 Å². The van der Waals surface area contributed by atoms with Crippen LogP contribution < -0.4 is 14.8 Å². The van der Waals surface area contributed by atoms with Gasteiger partial charge >= 0.3 is 0 Å². The van der Waals surface area contributed by atoms with Crippen LogP contribution in [0.15, 0.2) is 17.0 Å². The molecule has 6 nitrogen and oxygen atoms in total. The lowest BCUT2D eigenvalue weighted by Gasteiger charge is -2.20. The summed E-state index contributed by atoms with van der Waals surface area (Å²) in [4.78, 5) is 11.1. The van der Waals surface area contributed by atoms with Gasteiger partial charge in [-0.1, -0.05) is 18.5 Å². The normalized spacial score (nSPS) is 16.1. The lowest BCUT2D eigenvalue weighted by molar-refractivity contribution is -0.118. The van der Waals surface area contributed by atoms with Gasteiger partial charge in [0.2, 0.25) is 10.0 Å². The van der Waals surface area contributed by atoms with Crippen molar-refractivity contribution in [1.82, 2.24) is 4.72 Å². The first kappa shape index (κ1) is 15.1. The molecular formula is C12H15ClN2O4S. The molecule has 1 amide bonds. The van der Waals surface area contributed by atoms with Crippen LogP contribution in [0.25, 0.3) is 0 Å². The first-order valence-corrected chi connectivity index (χ1v) is 7.98. The summed E-state index contributed by atoms with van der Waals surface area (Å²) in [7, 11) is -3.72. The van der Waals surface area contributed by atoms with Gasteiger partial charge in [0.05, 0.1) is 10.7 Å². The molecule has 2 rings (SSSR count). The third-order valence-corrected chi connectivity index (χ3v) is 4.98. The molecule has 8 heteroatoms. The average molecular weight is 319 g/mol. The molecule has 0 aliphatic carbocycles. The number of carbonyl (C=O) groups excluding carboxylic acids is 1. The number of halogens is 1. The number of rotatable bonds is 4. The van der Waals surface area contributed by atoms with Gasteiger partial charge in [-0.2, -0.15) is 0 Å². The molecule has 2 N–H and O–H groups in total. The Labute approximate surface area is 122 Å². The van der Waals surface area contributed by atoms with Gasteiger partial charge in [-0.05, 0) is 19.4 Å². The Hall–Kier alpha value is -1.31. The Morgan fingerprint density at radius 3 is 2.85 bits per heavy atom. The Balaban J connectivity index is 2.41. The largest absolute Gasteiger partial charge is 0.482 e. The second-order valence-corrected chi connectivity index (χ2v) is 6.64. The van der Waals surface area contributed by atoms with Crippen LogP contribution in [0.2, 0.25) is 5.02 Å². The van der Waals surface area contributed by atoms with Crippen molar-refractivity contribution in [3.8, 4) is 5.75 Å². The molecule has 110 valence electrons. The highest BCUT2D eigenvalue weighted by atomic mass is 35.5. The standard InChI is InChI=1S/C12H15ClN2O4S/c1-3-7(2)15-20(17,18)11-5-10-9(4-8(11)13)14-12(16)6-19-10/h4-5,7,15H,3,6H2,1-2H3,(H,14,16). The van der Waals surface area contributed by atoms with Crippen molar-refractivity contribution in [1.29, 1.82) is 0 Å². The van der Waals surface area contributed by atoms with Crippen LogP contribution in [0, 0.1) is 0 Å². The summed E-state index contributed by atoms with van der Waals surface area (Å²) in [6, 6.07) is 2.49. The zero-order valence-corrected chi connectivity index (χ0v) is 12.6. The maximum atomic E-state index is 12.2. The predicted molar refractivity (Wildman–Crippen MR) is 75.7 cm³/mol. The summed E-state index contributed by atoms with van der Waals surface area (Å²) in [5.74, 6) is -0.0135. The van der Waals surface area contributed by atoms with Crippen LogP contribution in [-0.4, -0.2) is 27.0 Å². The molecule has 1 heterocycles. The van der Waals surface area contributed by atoms with Gasteiger partial charge in [0, 0.05) is 12.1 Å². The molecule has 0 saturated carbocycles. The third kappa shape index (κ3) is 3.05. The van der Waals surface area contributed by atoms with E-state index in [0.29, 0.717) is 17.9 Å². The number of fused-ring (bicyclic) bond motifs is 1. The summed E-state index contributed by atoms with van der Waals surface area (Å²) in [6.45, 7) is 3.49. The second-order valence-electron chi connectivity index (χ2n) is 4.55. The van der Waals surface area contributed by atoms with E-state index < -0.39 is 10.0 Å². The van der Waals surface area contributed by atoms with Gasteiger partial charge < -0.3 is 10.1 Å². The van der Waals surface area contributed by atoms with Gasteiger partial charge in [-0.25, -0.2) is 13.1 Å².